The van der Waals surface area contributed by atoms with Crippen LogP contribution in [0, 0.1) is 5.92 Å². The molecule has 1 unspecified atom stereocenters. The van der Waals surface area contributed by atoms with Crippen LogP contribution < -0.4 is 0 Å². The molecular formula is C11H25O2Y-. The van der Waals surface area contributed by atoms with Gasteiger partial charge in [-0.1, -0.05) is 13.8 Å². The van der Waals surface area contributed by atoms with Crippen molar-refractivity contribution in [2.24, 2.45) is 0 Å². The van der Waals surface area contributed by atoms with Gasteiger partial charge in [-0.05, 0) is 19.3 Å². The maximum atomic E-state index is 8.69. The number of hydrogen-bond donors (Lipinski definition) is 1. The fraction of sp³-hybridized carbons (Fsp3) is 0.909. The zero-order valence-electron chi connectivity index (χ0n) is 10.3. The van der Waals surface area contributed by atoms with Crippen LogP contribution in [0.1, 0.15) is 53.9 Å². The van der Waals surface area contributed by atoms with Crippen molar-refractivity contribution in [2.75, 3.05) is 6.61 Å². The molecule has 3 heteroatoms. The molecule has 1 aliphatic rings. The Balaban J connectivity index is -0.000000152. The molecular weight excluding hydrogens is 253 g/mol. The summed E-state index contributed by atoms with van der Waals surface area (Å²) in [5.41, 5.74) is 0. The fourth-order valence-electron chi connectivity index (χ4n) is 0.724. The monoisotopic (exact) mass is 278 g/mol. The second-order valence-corrected chi connectivity index (χ2v) is 3.32. The fourth-order valence-corrected chi connectivity index (χ4v) is 0.724. The summed E-state index contributed by atoms with van der Waals surface area (Å²) in [6.45, 7) is 11.0. The molecule has 85 valence electrons. The SMILES string of the molecule is CC.C[C-](C)C.OC1CCCCO1.[Y]. The van der Waals surface area contributed by atoms with Crippen LogP contribution in [-0.2, 0) is 37.4 Å². The minimum Gasteiger partial charge on any atom is -0.368 e. The molecule has 0 aromatic heterocycles. The van der Waals surface area contributed by atoms with Crippen LogP contribution in [0.4, 0.5) is 0 Å². The van der Waals surface area contributed by atoms with E-state index >= 15 is 0 Å². The van der Waals surface area contributed by atoms with Gasteiger partial charge < -0.3 is 15.8 Å². The van der Waals surface area contributed by atoms with E-state index in [1.54, 1.807) is 0 Å². The van der Waals surface area contributed by atoms with Gasteiger partial charge in [-0.25, -0.2) is 0 Å². The van der Waals surface area contributed by atoms with Gasteiger partial charge in [0.05, 0.1) is 0 Å². The Hall–Kier alpha value is 1.02. The van der Waals surface area contributed by atoms with Crippen molar-refractivity contribution in [3.8, 4) is 0 Å². The van der Waals surface area contributed by atoms with Gasteiger partial charge >= 0.3 is 0 Å². The molecule has 0 spiro atoms. The zero-order valence-corrected chi connectivity index (χ0v) is 13.2. The summed E-state index contributed by atoms with van der Waals surface area (Å²) >= 11 is 0. The van der Waals surface area contributed by atoms with Gasteiger partial charge in [0.2, 0.25) is 0 Å². The summed E-state index contributed by atoms with van der Waals surface area (Å²) in [5.74, 6) is 1.42. The molecule has 0 amide bonds. The second kappa shape index (κ2) is 16.5. The second-order valence-electron chi connectivity index (χ2n) is 3.32. The molecule has 0 saturated carbocycles. The van der Waals surface area contributed by atoms with Gasteiger partial charge in [-0.15, -0.1) is 0 Å². The predicted molar refractivity (Wildman–Crippen MR) is 57.4 cm³/mol. The minimum absolute atomic E-state index is 0. The first-order valence-corrected chi connectivity index (χ1v) is 5.19. The van der Waals surface area contributed by atoms with Crippen molar-refractivity contribution >= 4 is 0 Å². The Kier molecular flexibility index (Phi) is 24.0. The average molecular weight is 278 g/mol. The summed E-state index contributed by atoms with van der Waals surface area (Å²) in [4.78, 5) is 0. The molecule has 0 aromatic rings. The normalized spacial score (nSPS) is 19.5. The Morgan fingerprint density at radius 2 is 1.57 bits per heavy atom. The molecule has 1 saturated heterocycles. The molecule has 1 atom stereocenters. The molecule has 1 aliphatic heterocycles. The third kappa shape index (κ3) is 23.1. The molecule has 0 aromatic carbocycles. The van der Waals surface area contributed by atoms with Gasteiger partial charge in [0, 0.05) is 39.3 Å². The standard InChI is InChI=1S/C5H10O2.C4H9.C2H6.Y/c6-5-3-1-2-4-7-5;1-4(2)3;1-2;/h5-6H,1-4H2;1-3H3;1-2H3;/q;-1;;. The maximum absolute atomic E-state index is 8.69. The molecule has 1 rings (SSSR count). The summed E-state index contributed by atoms with van der Waals surface area (Å²) < 4.78 is 4.83. The first kappa shape index (κ1) is 20.4. The predicted octanol–water partition coefficient (Wildman–Crippen LogP) is 3.15. The van der Waals surface area contributed by atoms with E-state index in [2.05, 4.69) is 20.8 Å². The van der Waals surface area contributed by atoms with E-state index in [4.69, 9.17) is 9.84 Å². The number of ether oxygens (including phenoxy) is 1. The van der Waals surface area contributed by atoms with Gasteiger partial charge in [-0.3, -0.25) is 0 Å². The summed E-state index contributed by atoms with van der Waals surface area (Å²) in [7, 11) is 0. The first-order valence-electron chi connectivity index (χ1n) is 5.19. The summed E-state index contributed by atoms with van der Waals surface area (Å²) in [6.07, 6.45) is 2.58. The van der Waals surface area contributed by atoms with Crippen LogP contribution >= 0.6 is 0 Å². The molecule has 1 fully saturated rings. The van der Waals surface area contributed by atoms with Crippen LogP contribution in [0.5, 0.6) is 0 Å². The van der Waals surface area contributed by atoms with Crippen LogP contribution in [0.15, 0.2) is 0 Å². The number of rotatable bonds is 0. The smallest absolute Gasteiger partial charge is 0.154 e. The Morgan fingerprint density at radius 3 is 1.71 bits per heavy atom. The van der Waals surface area contributed by atoms with E-state index in [1.807, 2.05) is 13.8 Å². The molecule has 0 bridgehead atoms. The van der Waals surface area contributed by atoms with E-state index in [-0.39, 0.29) is 32.7 Å². The third-order valence-electron chi connectivity index (χ3n) is 1.16. The Labute approximate surface area is 115 Å². The van der Waals surface area contributed by atoms with Crippen LogP contribution in [0.2, 0.25) is 0 Å². The van der Waals surface area contributed by atoms with Crippen molar-refractivity contribution in [2.45, 2.75) is 60.2 Å². The first-order chi connectivity index (χ1) is 6.13. The quantitative estimate of drug-likeness (QED) is 0.690. The van der Waals surface area contributed by atoms with Gasteiger partial charge in [0.1, 0.15) is 0 Å². The average Bonchev–Trinajstić information content (AvgIpc) is 2.08. The third-order valence-corrected chi connectivity index (χ3v) is 1.16. The molecule has 2 nitrogen and oxygen atoms in total. The maximum Gasteiger partial charge on any atom is 0.154 e. The number of aliphatic hydroxyl groups is 1. The van der Waals surface area contributed by atoms with Gasteiger partial charge in [0.15, 0.2) is 6.29 Å². The summed E-state index contributed by atoms with van der Waals surface area (Å²) in [6, 6.07) is 0. The Morgan fingerprint density at radius 1 is 1.14 bits per heavy atom. The largest absolute Gasteiger partial charge is 0.368 e. The van der Waals surface area contributed by atoms with Crippen molar-refractivity contribution in [1.82, 2.24) is 0 Å². The van der Waals surface area contributed by atoms with Crippen LogP contribution in [0.25, 0.3) is 0 Å². The topological polar surface area (TPSA) is 29.5 Å². The van der Waals surface area contributed by atoms with E-state index in [9.17, 15) is 0 Å². The number of hydrogen-bond acceptors (Lipinski definition) is 2. The zero-order chi connectivity index (χ0) is 10.7. The summed E-state index contributed by atoms with van der Waals surface area (Å²) in [5, 5.41) is 8.69. The van der Waals surface area contributed by atoms with E-state index in [1.165, 1.54) is 5.92 Å². The van der Waals surface area contributed by atoms with Gasteiger partial charge in [0.25, 0.3) is 0 Å². The Bertz CT molecular complexity index is 78.6. The van der Waals surface area contributed by atoms with Gasteiger partial charge in [-0.2, -0.15) is 20.8 Å². The van der Waals surface area contributed by atoms with E-state index in [0.29, 0.717) is 0 Å². The van der Waals surface area contributed by atoms with Crippen LogP contribution in [0.3, 0.4) is 0 Å². The molecule has 1 heterocycles. The molecule has 14 heavy (non-hydrogen) atoms. The van der Waals surface area contributed by atoms with Crippen molar-refractivity contribution in [3.63, 3.8) is 0 Å². The van der Waals surface area contributed by atoms with Crippen LogP contribution in [-0.4, -0.2) is 18.0 Å². The molecule has 1 radical (unpaired) electrons. The molecule has 0 aliphatic carbocycles. The number of aliphatic hydroxyl groups excluding tert-OH is 1. The van der Waals surface area contributed by atoms with Crippen molar-refractivity contribution in [1.29, 1.82) is 0 Å². The molecule has 1 N–H and O–H groups in total. The minimum atomic E-state index is -0.464. The van der Waals surface area contributed by atoms with E-state index < -0.39 is 6.29 Å². The van der Waals surface area contributed by atoms with Crippen molar-refractivity contribution in [3.05, 3.63) is 5.92 Å². The van der Waals surface area contributed by atoms with E-state index in [0.717, 1.165) is 25.9 Å². The van der Waals surface area contributed by atoms with Crippen molar-refractivity contribution < 1.29 is 42.6 Å².